The second-order valence-electron chi connectivity index (χ2n) is 5.87. The predicted octanol–water partition coefficient (Wildman–Crippen LogP) is 2.40. The van der Waals surface area contributed by atoms with Gasteiger partial charge in [-0.15, -0.1) is 0 Å². The molecule has 4 heteroatoms. The van der Waals surface area contributed by atoms with E-state index < -0.39 is 0 Å². The SMILES string of the molecule is CC(C)Cc1nc(NCCN)c(C#N)c2c1CCCC2. The third-order valence-corrected chi connectivity index (χ3v) is 3.75. The molecule has 0 atom stereocenters. The number of hydrogen-bond acceptors (Lipinski definition) is 4. The van der Waals surface area contributed by atoms with Crippen molar-refractivity contribution in [2.45, 2.75) is 46.0 Å². The van der Waals surface area contributed by atoms with Crippen molar-refractivity contribution in [2.75, 3.05) is 18.4 Å². The first kappa shape index (κ1) is 14.8. The minimum atomic E-state index is 0.545. The Morgan fingerprint density at radius 3 is 2.60 bits per heavy atom. The molecule has 0 amide bonds. The van der Waals surface area contributed by atoms with Gasteiger partial charge in [0.2, 0.25) is 0 Å². The molecule has 0 aliphatic heterocycles. The minimum absolute atomic E-state index is 0.545. The van der Waals surface area contributed by atoms with Gasteiger partial charge >= 0.3 is 0 Å². The fourth-order valence-electron chi connectivity index (χ4n) is 2.90. The van der Waals surface area contributed by atoms with E-state index in [4.69, 9.17) is 10.7 Å². The molecule has 1 aliphatic rings. The van der Waals surface area contributed by atoms with Crippen LogP contribution >= 0.6 is 0 Å². The Labute approximate surface area is 121 Å². The van der Waals surface area contributed by atoms with Crippen molar-refractivity contribution in [3.8, 4) is 6.07 Å². The van der Waals surface area contributed by atoms with Gasteiger partial charge in [-0.05, 0) is 49.1 Å². The van der Waals surface area contributed by atoms with E-state index in [1.54, 1.807) is 0 Å². The highest BCUT2D eigenvalue weighted by Gasteiger charge is 2.22. The lowest BCUT2D eigenvalue weighted by molar-refractivity contribution is 0.611. The van der Waals surface area contributed by atoms with Crippen molar-refractivity contribution in [3.63, 3.8) is 0 Å². The summed E-state index contributed by atoms with van der Waals surface area (Å²) in [4.78, 5) is 4.75. The second-order valence-corrected chi connectivity index (χ2v) is 5.87. The van der Waals surface area contributed by atoms with E-state index in [0.29, 0.717) is 19.0 Å². The first-order valence-corrected chi connectivity index (χ1v) is 7.56. The fraction of sp³-hybridized carbons (Fsp3) is 0.625. The molecular formula is C16H24N4. The average molecular weight is 272 g/mol. The van der Waals surface area contributed by atoms with Crippen LogP contribution in [0.15, 0.2) is 0 Å². The smallest absolute Gasteiger partial charge is 0.144 e. The summed E-state index contributed by atoms with van der Waals surface area (Å²) >= 11 is 0. The normalized spacial score (nSPS) is 13.9. The van der Waals surface area contributed by atoms with Crippen molar-refractivity contribution in [1.29, 1.82) is 5.26 Å². The van der Waals surface area contributed by atoms with Crippen LogP contribution in [0, 0.1) is 17.2 Å². The molecule has 0 spiro atoms. The lowest BCUT2D eigenvalue weighted by Crippen LogP contribution is -2.19. The second kappa shape index (κ2) is 6.71. The van der Waals surface area contributed by atoms with Crippen LogP contribution in [0.3, 0.4) is 0 Å². The lowest BCUT2D eigenvalue weighted by atomic mass is 9.86. The van der Waals surface area contributed by atoms with Crippen molar-refractivity contribution in [1.82, 2.24) is 4.98 Å². The zero-order chi connectivity index (χ0) is 14.5. The number of nitriles is 1. The van der Waals surface area contributed by atoms with Gasteiger partial charge in [-0.25, -0.2) is 4.98 Å². The van der Waals surface area contributed by atoms with Crippen molar-refractivity contribution < 1.29 is 0 Å². The zero-order valence-electron chi connectivity index (χ0n) is 12.5. The van der Waals surface area contributed by atoms with Crippen molar-refractivity contribution >= 4 is 5.82 Å². The summed E-state index contributed by atoms with van der Waals surface area (Å²) in [5.74, 6) is 1.30. The van der Waals surface area contributed by atoms with Crippen LogP contribution < -0.4 is 11.1 Å². The molecule has 4 nitrogen and oxygen atoms in total. The quantitative estimate of drug-likeness (QED) is 0.863. The van der Waals surface area contributed by atoms with Crippen LogP contribution in [0.25, 0.3) is 0 Å². The van der Waals surface area contributed by atoms with Crippen LogP contribution in [0.1, 0.15) is 49.1 Å². The molecule has 1 aliphatic carbocycles. The van der Waals surface area contributed by atoms with E-state index >= 15 is 0 Å². The van der Waals surface area contributed by atoms with Gasteiger partial charge in [0, 0.05) is 18.8 Å². The van der Waals surface area contributed by atoms with Gasteiger partial charge in [-0.3, -0.25) is 0 Å². The van der Waals surface area contributed by atoms with Gasteiger partial charge in [0.1, 0.15) is 11.9 Å². The molecule has 0 fully saturated rings. The molecule has 0 bridgehead atoms. The summed E-state index contributed by atoms with van der Waals surface area (Å²) in [5.41, 5.74) is 10.0. The molecule has 1 aromatic rings. The summed E-state index contributed by atoms with van der Waals surface area (Å²) in [6, 6.07) is 2.35. The molecular weight excluding hydrogens is 248 g/mol. The van der Waals surface area contributed by atoms with Gasteiger partial charge in [0.25, 0.3) is 0 Å². The number of fused-ring (bicyclic) bond motifs is 1. The topological polar surface area (TPSA) is 74.7 Å². The first-order chi connectivity index (χ1) is 9.67. The highest BCUT2D eigenvalue weighted by Crippen LogP contribution is 2.31. The van der Waals surface area contributed by atoms with Crippen LogP contribution in [-0.4, -0.2) is 18.1 Å². The number of nitrogens with two attached hydrogens (primary N) is 1. The molecule has 1 heterocycles. The number of pyridine rings is 1. The summed E-state index contributed by atoms with van der Waals surface area (Å²) in [6.07, 6.45) is 5.42. The molecule has 2 rings (SSSR count). The molecule has 1 aromatic heterocycles. The van der Waals surface area contributed by atoms with Gasteiger partial charge in [-0.1, -0.05) is 13.8 Å². The van der Waals surface area contributed by atoms with E-state index in [0.717, 1.165) is 30.6 Å². The standard InChI is InChI=1S/C16H24N4/c1-11(2)9-15-13-6-4-3-5-12(13)14(10-18)16(20-15)19-8-7-17/h11H,3-9,17H2,1-2H3,(H,19,20). The average Bonchev–Trinajstić information content (AvgIpc) is 2.44. The zero-order valence-corrected chi connectivity index (χ0v) is 12.5. The highest BCUT2D eigenvalue weighted by molar-refractivity contribution is 5.60. The Hall–Kier alpha value is -1.60. The van der Waals surface area contributed by atoms with E-state index in [9.17, 15) is 5.26 Å². The first-order valence-electron chi connectivity index (χ1n) is 7.56. The van der Waals surface area contributed by atoms with Crippen molar-refractivity contribution in [2.24, 2.45) is 11.7 Å². The number of rotatable bonds is 5. The molecule has 0 aromatic carbocycles. The molecule has 0 unspecified atom stereocenters. The molecule has 3 N–H and O–H groups in total. The van der Waals surface area contributed by atoms with Crippen LogP contribution in [-0.2, 0) is 19.3 Å². The fourth-order valence-corrected chi connectivity index (χ4v) is 2.90. The Morgan fingerprint density at radius 2 is 2.00 bits per heavy atom. The van der Waals surface area contributed by atoms with Gasteiger partial charge in [-0.2, -0.15) is 5.26 Å². The Kier molecular flexibility index (Phi) is 4.97. The van der Waals surface area contributed by atoms with Gasteiger partial charge in [0.15, 0.2) is 0 Å². The third kappa shape index (κ3) is 3.10. The highest BCUT2D eigenvalue weighted by atomic mass is 15.0. The molecule has 0 saturated heterocycles. The van der Waals surface area contributed by atoms with Crippen LogP contribution in [0.4, 0.5) is 5.82 Å². The van der Waals surface area contributed by atoms with Crippen molar-refractivity contribution in [3.05, 3.63) is 22.4 Å². The lowest BCUT2D eigenvalue weighted by Gasteiger charge is -2.23. The summed E-state index contributed by atoms with van der Waals surface area (Å²) in [5, 5.41) is 12.7. The molecule has 0 radical (unpaired) electrons. The maximum absolute atomic E-state index is 9.49. The molecule has 0 saturated carbocycles. The van der Waals surface area contributed by atoms with E-state index in [-0.39, 0.29) is 0 Å². The largest absolute Gasteiger partial charge is 0.368 e. The van der Waals surface area contributed by atoms with Gasteiger partial charge < -0.3 is 11.1 Å². The maximum atomic E-state index is 9.49. The number of nitrogens with one attached hydrogen (secondary N) is 1. The van der Waals surface area contributed by atoms with E-state index in [1.807, 2.05) is 0 Å². The van der Waals surface area contributed by atoms with Crippen LogP contribution in [0.5, 0.6) is 0 Å². The van der Waals surface area contributed by atoms with Crippen LogP contribution in [0.2, 0.25) is 0 Å². The summed E-state index contributed by atoms with van der Waals surface area (Å²) in [6.45, 7) is 5.62. The monoisotopic (exact) mass is 272 g/mol. The van der Waals surface area contributed by atoms with E-state index in [1.165, 1.54) is 29.7 Å². The number of aromatic nitrogens is 1. The summed E-state index contributed by atoms with van der Waals surface area (Å²) < 4.78 is 0. The Morgan fingerprint density at radius 1 is 1.30 bits per heavy atom. The minimum Gasteiger partial charge on any atom is -0.368 e. The predicted molar refractivity (Wildman–Crippen MR) is 81.7 cm³/mol. The third-order valence-electron chi connectivity index (χ3n) is 3.75. The van der Waals surface area contributed by atoms with Gasteiger partial charge in [0.05, 0.1) is 5.56 Å². The number of anilines is 1. The van der Waals surface area contributed by atoms with E-state index in [2.05, 4.69) is 25.2 Å². The Bertz CT molecular complexity index is 514. The summed E-state index contributed by atoms with van der Waals surface area (Å²) in [7, 11) is 0. The maximum Gasteiger partial charge on any atom is 0.144 e. The molecule has 108 valence electrons. The molecule has 20 heavy (non-hydrogen) atoms. The number of nitrogens with zero attached hydrogens (tertiary/aromatic N) is 2. The number of hydrogen-bond donors (Lipinski definition) is 2. The Balaban J connectivity index is 2.49.